The Labute approximate surface area is 95.7 Å². The van der Waals surface area contributed by atoms with E-state index in [1.807, 2.05) is 6.20 Å². The summed E-state index contributed by atoms with van der Waals surface area (Å²) in [5, 5.41) is 13.5. The van der Waals surface area contributed by atoms with E-state index in [2.05, 4.69) is 14.9 Å². The van der Waals surface area contributed by atoms with Crippen molar-refractivity contribution < 1.29 is 5.11 Å². The summed E-state index contributed by atoms with van der Waals surface area (Å²) in [7, 11) is 0. The fraction of sp³-hybridized carbons (Fsp3) is 0.750. The Morgan fingerprint density at radius 1 is 1.38 bits per heavy atom. The van der Waals surface area contributed by atoms with Gasteiger partial charge in [0, 0.05) is 24.4 Å². The van der Waals surface area contributed by atoms with Crippen LogP contribution in [0.5, 0.6) is 0 Å². The van der Waals surface area contributed by atoms with Crippen LogP contribution in [0.2, 0.25) is 0 Å². The van der Waals surface area contributed by atoms with E-state index in [0.717, 1.165) is 38.2 Å². The second-order valence-corrected chi connectivity index (χ2v) is 4.89. The molecule has 0 radical (unpaired) electrons. The van der Waals surface area contributed by atoms with Gasteiger partial charge in [-0.2, -0.15) is 0 Å². The third-order valence-corrected chi connectivity index (χ3v) is 3.76. The van der Waals surface area contributed by atoms with Gasteiger partial charge < -0.3 is 15.0 Å². The minimum absolute atomic E-state index is 0.344. The number of aliphatic hydroxyl groups excluding tert-OH is 1. The summed E-state index contributed by atoms with van der Waals surface area (Å²) in [6.07, 6.45) is 7.02. The Morgan fingerprint density at radius 3 is 3.12 bits per heavy atom. The lowest BCUT2D eigenvalue weighted by atomic mass is 9.98. The van der Waals surface area contributed by atoms with Crippen molar-refractivity contribution in [3.63, 3.8) is 0 Å². The molecule has 1 aromatic rings. The van der Waals surface area contributed by atoms with Crippen LogP contribution in [0.1, 0.15) is 49.3 Å². The van der Waals surface area contributed by atoms with Crippen LogP contribution in [0.3, 0.4) is 0 Å². The van der Waals surface area contributed by atoms with Gasteiger partial charge in [-0.05, 0) is 38.6 Å². The molecule has 2 aliphatic heterocycles. The third-order valence-electron chi connectivity index (χ3n) is 3.76. The maximum atomic E-state index is 10.1. The normalized spacial score (nSPS) is 30.1. The Hall–Kier alpha value is -0.870. The van der Waals surface area contributed by atoms with Crippen molar-refractivity contribution in [1.29, 1.82) is 0 Å². The number of aryl methyl sites for hydroxylation is 1. The van der Waals surface area contributed by atoms with Crippen LogP contribution in [0, 0.1) is 0 Å². The molecular weight excluding hydrogens is 202 g/mol. The van der Waals surface area contributed by atoms with Crippen LogP contribution in [0.4, 0.5) is 0 Å². The summed E-state index contributed by atoms with van der Waals surface area (Å²) in [6.45, 7) is 2.12. The average molecular weight is 221 g/mol. The lowest BCUT2D eigenvalue weighted by Crippen LogP contribution is -2.31. The Kier molecular flexibility index (Phi) is 2.69. The minimum atomic E-state index is -0.344. The zero-order valence-corrected chi connectivity index (χ0v) is 9.52. The molecule has 0 amide bonds. The number of aliphatic hydroxyl groups is 1. The molecule has 88 valence electrons. The van der Waals surface area contributed by atoms with Crippen molar-refractivity contribution in [2.75, 3.05) is 13.1 Å². The van der Waals surface area contributed by atoms with Crippen LogP contribution in [0.15, 0.2) is 6.20 Å². The van der Waals surface area contributed by atoms with E-state index in [0.29, 0.717) is 5.92 Å². The van der Waals surface area contributed by atoms with E-state index in [1.165, 1.54) is 18.5 Å². The average Bonchev–Trinajstić information content (AvgIpc) is 2.75. The first-order valence-electron chi connectivity index (χ1n) is 6.31. The van der Waals surface area contributed by atoms with Gasteiger partial charge in [0.15, 0.2) is 0 Å². The molecule has 2 N–H and O–H groups in total. The fourth-order valence-electron chi connectivity index (χ4n) is 2.91. The van der Waals surface area contributed by atoms with Gasteiger partial charge >= 0.3 is 0 Å². The van der Waals surface area contributed by atoms with E-state index in [-0.39, 0.29) is 6.23 Å². The van der Waals surface area contributed by atoms with E-state index >= 15 is 0 Å². The van der Waals surface area contributed by atoms with E-state index < -0.39 is 0 Å². The highest BCUT2D eigenvalue weighted by atomic mass is 16.3. The number of fused-ring (bicyclic) bond motifs is 1. The van der Waals surface area contributed by atoms with Crippen molar-refractivity contribution in [2.45, 2.75) is 44.2 Å². The van der Waals surface area contributed by atoms with Crippen LogP contribution in [-0.4, -0.2) is 27.7 Å². The van der Waals surface area contributed by atoms with E-state index in [4.69, 9.17) is 0 Å². The molecule has 1 aromatic heterocycles. The minimum Gasteiger partial charge on any atom is -0.373 e. The molecule has 0 bridgehead atoms. The zero-order valence-electron chi connectivity index (χ0n) is 9.52. The van der Waals surface area contributed by atoms with Crippen LogP contribution in [-0.2, 0) is 6.42 Å². The highest BCUT2D eigenvalue weighted by Gasteiger charge is 2.26. The number of hydrogen-bond donors (Lipinski definition) is 2. The molecule has 0 aromatic carbocycles. The summed E-state index contributed by atoms with van der Waals surface area (Å²) in [6, 6.07) is 0. The van der Waals surface area contributed by atoms with Gasteiger partial charge in [-0.3, -0.25) is 0 Å². The molecule has 4 nitrogen and oxygen atoms in total. The van der Waals surface area contributed by atoms with Crippen molar-refractivity contribution >= 4 is 0 Å². The lowest BCUT2D eigenvalue weighted by molar-refractivity contribution is 0.0740. The molecule has 4 heteroatoms. The molecule has 3 heterocycles. The number of rotatable bonds is 1. The second-order valence-electron chi connectivity index (χ2n) is 4.89. The Morgan fingerprint density at radius 2 is 2.31 bits per heavy atom. The summed E-state index contributed by atoms with van der Waals surface area (Å²) in [4.78, 5) is 4.53. The first-order valence-corrected chi connectivity index (χ1v) is 6.31. The Bertz CT molecular complexity index is 368. The molecule has 1 saturated heterocycles. The number of nitrogens with one attached hydrogen (secondary N) is 1. The predicted molar refractivity (Wildman–Crippen MR) is 61.3 cm³/mol. The van der Waals surface area contributed by atoms with Gasteiger partial charge in [-0.15, -0.1) is 0 Å². The molecule has 0 spiro atoms. The molecule has 0 saturated carbocycles. The lowest BCUT2D eigenvalue weighted by Gasteiger charge is -2.28. The van der Waals surface area contributed by atoms with Gasteiger partial charge in [-0.1, -0.05) is 0 Å². The standard InChI is InChI=1S/C12H19N3O/c16-11-5-1-4-10-8-14-12(15(10)11)9-3-2-6-13-7-9/h8-9,11,13,16H,1-7H2. The monoisotopic (exact) mass is 221 g/mol. The maximum Gasteiger partial charge on any atom is 0.132 e. The van der Waals surface area contributed by atoms with Crippen molar-refractivity contribution in [3.05, 3.63) is 17.7 Å². The number of piperidine rings is 1. The first kappa shape index (κ1) is 10.3. The largest absolute Gasteiger partial charge is 0.373 e. The molecule has 2 atom stereocenters. The zero-order chi connectivity index (χ0) is 11.0. The van der Waals surface area contributed by atoms with Gasteiger partial charge in [0.2, 0.25) is 0 Å². The molecule has 0 aliphatic carbocycles. The van der Waals surface area contributed by atoms with Crippen LogP contribution in [0.25, 0.3) is 0 Å². The van der Waals surface area contributed by atoms with Gasteiger partial charge in [-0.25, -0.2) is 4.98 Å². The molecule has 3 rings (SSSR count). The summed E-state index contributed by atoms with van der Waals surface area (Å²) in [5.74, 6) is 1.57. The molecule has 2 aliphatic rings. The van der Waals surface area contributed by atoms with Gasteiger partial charge in [0.25, 0.3) is 0 Å². The maximum absolute atomic E-state index is 10.1. The van der Waals surface area contributed by atoms with Crippen LogP contribution < -0.4 is 5.32 Å². The smallest absolute Gasteiger partial charge is 0.132 e. The van der Waals surface area contributed by atoms with Crippen LogP contribution >= 0.6 is 0 Å². The molecule has 1 fully saturated rings. The number of nitrogens with zero attached hydrogens (tertiary/aromatic N) is 2. The number of hydrogen-bond acceptors (Lipinski definition) is 3. The summed E-state index contributed by atoms with van der Waals surface area (Å²) in [5.41, 5.74) is 1.21. The van der Waals surface area contributed by atoms with Crippen molar-refractivity contribution in [1.82, 2.24) is 14.9 Å². The highest BCUT2D eigenvalue weighted by molar-refractivity contribution is 5.13. The van der Waals surface area contributed by atoms with E-state index in [1.54, 1.807) is 0 Å². The third kappa shape index (κ3) is 1.66. The molecular formula is C12H19N3O. The SMILES string of the molecule is OC1CCCc2cnc(C3CCCNC3)n21. The quantitative estimate of drug-likeness (QED) is 0.748. The summed E-state index contributed by atoms with van der Waals surface area (Å²) < 4.78 is 2.07. The Balaban J connectivity index is 1.91. The molecule has 2 unspecified atom stereocenters. The second kappa shape index (κ2) is 4.18. The van der Waals surface area contributed by atoms with Gasteiger partial charge in [0.1, 0.15) is 12.1 Å². The van der Waals surface area contributed by atoms with Crippen molar-refractivity contribution in [3.8, 4) is 0 Å². The van der Waals surface area contributed by atoms with Crippen molar-refractivity contribution in [2.24, 2.45) is 0 Å². The fourth-order valence-corrected chi connectivity index (χ4v) is 2.91. The van der Waals surface area contributed by atoms with Gasteiger partial charge in [0.05, 0.1) is 0 Å². The highest BCUT2D eigenvalue weighted by Crippen LogP contribution is 2.30. The number of imidazole rings is 1. The predicted octanol–water partition coefficient (Wildman–Crippen LogP) is 1.18. The first-order chi connectivity index (χ1) is 7.86. The molecule has 16 heavy (non-hydrogen) atoms. The summed E-state index contributed by atoms with van der Waals surface area (Å²) >= 11 is 0. The van der Waals surface area contributed by atoms with E-state index in [9.17, 15) is 5.11 Å². The number of aromatic nitrogens is 2. The topological polar surface area (TPSA) is 50.1 Å².